The molecule has 0 N–H and O–H groups in total. The molecule has 2 aliphatic rings. The lowest BCUT2D eigenvalue weighted by Gasteiger charge is -2.34. The van der Waals surface area contributed by atoms with E-state index in [1.54, 1.807) is 36.5 Å². The van der Waals surface area contributed by atoms with Crippen LogP contribution >= 0.6 is 0 Å². The molecule has 0 saturated heterocycles. The molecule has 0 saturated carbocycles. The van der Waals surface area contributed by atoms with Crippen LogP contribution in [-0.2, 0) is 11.8 Å². The summed E-state index contributed by atoms with van der Waals surface area (Å²) in [4.78, 5) is 32.3. The van der Waals surface area contributed by atoms with Crippen molar-refractivity contribution in [3.05, 3.63) is 118 Å². The fourth-order valence-corrected chi connectivity index (χ4v) is 6.03. The predicted octanol–water partition coefficient (Wildman–Crippen LogP) is 5.46. The third kappa shape index (κ3) is 4.38. The minimum atomic E-state index is -0.346. The summed E-state index contributed by atoms with van der Waals surface area (Å²) in [5.74, 6) is -0.689. The van der Waals surface area contributed by atoms with Crippen LogP contribution in [0.2, 0.25) is 0 Å². The highest BCUT2D eigenvalue weighted by Gasteiger charge is 2.34. The van der Waals surface area contributed by atoms with Gasteiger partial charge in [-0.15, -0.1) is 0 Å². The molecule has 0 spiro atoms. The summed E-state index contributed by atoms with van der Waals surface area (Å²) >= 11 is 0. The Morgan fingerprint density at radius 3 is 2.33 bits per heavy atom. The Morgan fingerprint density at radius 1 is 0.897 bits per heavy atom. The number of aromatic nitrogens is 1. The predicted molar refractivity (Wildman–Crippen MR) is 153 cm³/mol. The standard InChI is InChI=1S/C34H29FN2O2/c1-34(2)20-24(32(38)21-4-8-25(35)9-5-21)19-30-29-11-6-22-18-23(7-10-27(22)28(29)12-13-31(30)34)33(39)37(3)26-14-16-36-17-15-26/h4-5,7-19,24H,6,20H2,1-3H3. The van der Waals surface area contributed by atoms with Crippen molar-refractivity contribution in [1.29, 1.82) is 0 Å². The van der Waals surface area contributed by atoms with Crippen LogP contribution in [0.3, 0.4) is 0 Å². The molecule has 0 bridgehead atoms. The lowest BCUT2D eigenvalue weighted by Crippen LogP contribution is -2.43. The van der Waals surface area contributed by atoms with E-state index in [0.717, 1.165) is 32.8 Å². The lowest BCUT2D eigenvalue weighted by molar-refractivity contribution is 0.0932. The largest absolute Gasteiger partial charge is 0.311 e. The van der Waals surface area contributed by atoms with Gasteiger partial charge in [0.05, 0.1) is 0 Å². The van der Waals surface area contributed by atoms with Crippen LogP contribution in [0.5, 0.6) is 0 Å². The topological polar surface area (TPSA) is 50.3 Å². The number of carbonyl (C=O) groups excluding carboxylic acids is 2. The van der Waals surface area contributed by atoms with Crippen molar-refractivity contribution < 1.29 is 14.0 Å². The first kappa shape index (κ1) is 24.9. The molecule has 4 nitrogen and oxygen atoms in total. The first-order chi connectivity index (χ1) is 18.7. The molecule has 1 amide bonds. The number of benzene rings is 3. The lowest BCUT2D eigenvalue weighted by atomic mass is 9.69. The molecule has 194 valence electrons. The molecule has 2 aliphatic carbocycles. The third-order valence-electron chi connectivity index (χ3n) is 8.10. The Morgan fingerprint density at radius 2 is 1.59 bits per heavy atom. The quantitative estimate of drug-likeness (QED) is 0.339. The zero-order chi connectivity index (χ0) is 27.3. The van der Waals surface area contributed by atoms with E-state index in [-0.39, 0.29) is 28.8 Å². The van der Waals surface area contributed by atoms with Gasteiger partial charge in [-0.05, 0) is 99.5 Å². The number of hydrogen-bond acceptors (Lipinski definition) is 3. The van der Waals surface area contributed by atoms with Crippen molar-refractivity contribution >= 4 is 29.5 Å². The molecule has 1 heterocycles. The number of fused-ring (bicyclic) bond motifs is 5. The Bertz CT molecular complexity index is 1740. The SMILES string of the molecule is CN(C(=O)c1ccc2c(c1)CC=c1c-2ccc2c1=CC(C(=O)c1ccc(F)cc1)CC2(C)C)c1ccncc1. The fourth-order valence-electron chi connectivity index (χ4n) is 6.03. The van der Waals surface area contributed by atoms with E-state index in [1.807, 2.05) is 30.3 Å². The summed E-state index contributed by atoms with van der Waals surface area (Å²) in [6.07, 6.45) is 9.07. The molecule has 0 fully saturated rings. The average Bonchev–Trinajstić information content (AvgIpc) is 2.95. The number of nitrogens with zero attached hydrogens (tertiary/aromatic N) is 2. The van der Waals surface area contributed by atoms with Gasteiger partial charge in [0.1, 0.15) is 5.82 Å². The van der Waals surface area contributed by atoms with Crippen molar-refractivity contribution in [2.24, 2.45) is 5.92 Å². The molecule has 3 aromatic carbocycles. The molecule has 0 aliphatic heterocycles. The van der Waals surface area contributed by atoms with Gasteiger partial charge in [-0.2, -0.15) is 0 Å². The van der Waals surface area contributed by atoms with Gasteiger partial charge < -0.3 is 4.90 Å². The van der Waals surface area contributed by atoms with Gasteiger partial charge in [0.25, 0.3) is 5.91 Å². The molecule has 1 unspecified atom stereocenters. The van der Waals surface area contributed by atoms with E-state index < -0.39 is 0 Å². The monoisotopic (exact) mass is 516 g/mol. The minimum Gasteiger partial charge on any atom is -0.311 e. The first-order valence-corrected chi connectivity index (χ1v) is 13.2. The first-order valence-electron chi connectivity index (χ1n) is 13.2. The van der Waals surface area contributed by atoms with Crippen LogP contribution in [0, 0.1) is 11.7 Å². The summed E-state index contributed by atoms with van der Waals surface area (Å²) in [6.45, 7) is 4.37. The Hall–Kier alpha value is -4.38. The van der Waals surface area contributed by atoms with E-state index in [9.17, 15) is 14.0 Å². The van der Waals surface area contributed by atoms with Gasteiger partial charge in [-0.25, -0.2) is 4.39 Å². The van der Waals surface area contributed by atoms with E-state index in [1.165, 1.54) is 17.7 Å². The zero-order valence-electron chi connectivity index (χ0n) is 22.2. The molecular weight excluding hydrogens is 487 g/mol. The van der Waals surface area contributed by atoms with E-state index in [2.05, 4.69) is 43.1 Å². The van der Waals surface area contributed by atoms with Crippen molar-refractivity contribution in [2.45, 2.75) is 32.1 Å². The maximum absolute atomic E-state index is 13.5. The van der Waals surface area contributed by atoms with Crippen LogP contribution in [0.4, 0.5) is 10.1 Å². The van der Waals surface area contributed by atoms with Gasteiger partial charge in [0.15, 0.2) is 5.78 Å². The number of rotatable bonds is 4. The molecule has 1 aromatic heterocycles. The van der Waals surface area contributed by atoms with Gasteiger partial charge in [0.2, 0.25) is 0 Å². The highest BCUT2D eigenvalue weighted by Crippen LogP contribution is 2.35. The molecule has 4 aromatic rings. The molecule has 5 heteroatoms. The molecule has 0 radical (unpaired) electrons. The second-order valence-corrected chi connectivity index (χ2v) is 11.1. The van der Waals surface area contributed by atoms with Crippen LogP contribution in [-0.4, -0.2) is 23.7 Å². The van der Waals surface area contributed by atoms with Crippen LogP contribution in [0.25, 0.3) is 23.3 Å². The number of amides is 1. The number of halogens is 1. The van der Waals surface area contributed by atoms with E-state index in [0.29, 0.717) is 24.0 Å². The number of hydrogen-bond donors (Lipinski definition) is 0. The maximum Gasteiger partial charge on any atom is 0.258 e. The van der Waals surface area contributed by atoms with Crippen molar-refractivity contribution in [1.82, 2.24) is 4.98 Å². The van der Waals surface area contributed by atoms with E-state index in [4.69, 9.17) is 0 Å². The van der Waals surface area contributed by atoms with E-state index >= 15 is 0 Å². The highest BCUT2D eigenvalue weighted by atomic mass is 19.1. The third-order valence-corrected chi connectivity index (χ3v) is 8.10. The van der Waals surface area contributed by atoms with Gasteiger partial charge in [-0.3, -0.25) is 14.6 Å². The summed E-state index contributed by atoms with van der Waals surface area (Å²) in [7, 11) is 1.77. The van der Waals surface area contributed by atoms with Crippen molar-refractivity contribution in [2.75, 3.05) is 11.9 Å². The second-order valence-electron chi connectivity index (χ2n) is 11.1. The maximum atomic E-state index is 13.5. The average molecular weight is 517 g/mol. The van der Waals surface area contributed by atoms with Gasteiger partial charge in [-0.1, -0.05) is 44.2 Å². The minimum absolute atomic E-state index is 0.0176. The summed E-state index contributed by atoms with van der Waals surface area (Å²) in [5, 5.41) is 2.24. The summed E-state index contributed by atoms with van der Waals surface area (Å²) in [6, 6.07) is 19.7. The molecule has 39 heavy (non-hydrogen) atoms. The number of carbonyl (C=O) groups is 2. The Balaban J connectivity index is 1.39. The summed E-state index contributed by atoms with van der Waals surface area (Å²) in [5.41, 5.74) is 6.32. The second kappa shape index (κ2) is 9.42. The molecular formula is C34H29FN2O2. The fraction of sp³-hybridized carbons (Fsp3) is 0.206. The van der Waals surface area contributed by atoms with Gasteiger partial charge >= 0.3 is 0 Å². The van der Waals surface area contributed by atoms with Crippen LogP contribution in [0.1, 0.15) is 52.1 Å². The van der Waals surface area contributed by atoms with Crippen molar-refractivity contribution in [3.8, 4) is 11.1 Å². The van der Waals surface area contributed by atoms with Crippen molar-refractivity contribution in [3.63, 3.8) is 0 Å². The van der Waals surface area contributed by atoms with Crippen LogP contribution < -0.4 is 15.3 Å². The Kier molecular flexibility index (Phi) is 6.02. The summed E-state index contributed by atoms with van der Waals surface area (Å²) < 4.78 is 13.5. The van der Waals surface area contributed by atoms with Crippen LogP contribution in [0.15, 0.2) is 79.1 Å². The number of Topliss-reactive ketones (excluding diaryl/α,β-unsaturated/α-hetero) is 1. The normalized spacial score (nSPS) is 16.6. The number of anilines is 1. The molecule has 1 atom stereocenters. The zero-order valence-corrected chi connectivity index (χ0v) is 22.2. The smallest absolute Gasteiger partial charge is 0.258 e. The Labute approximate surface area is 227 Å². The van der Waals surface area contributed by atoms with Gasteiger partial charge in [0, 0.05) is 42.2 Å². The highest BCUT2D eigenvalue weighted by molar-refractivity contribution is 6.06. The molecule has 6 rings (SSSR count). The number of pyridine rings is 1. The number of ketones is 1.